The van der Waals surface area contributed by atoms with Gasteiger partial charge in [-0.25, -0.2) is 4.57 Å². The number of aliphatic hydroxyl groups excluding tert-OH is 6. The van der Waals surface area contributed by atoms with Crippen LogP contribution in [0.3, 0.4) is 0 Å². The van der Waals surface area contributed by atoms with Gasteiger partial charge < -0.3 is 45.0 Å². The van der Waals surface area contributed by atoms with Gasteiger partial charge in [-0.2, -0.15) is 0 Å². The SMILES string of the molecule is CC/C=C\CC(O)/C=C/C=C/C/C=C\C/C=C\C/C=C\CCC(=O)O[C@H](COC(=O)CCCCCCCCCCC/C=C\C/C=C\CCCCC)COP(=O)(O)OC1[C@H](O)[C@H](O)C(O)[C@H](O)[C@H]1O. The van der Waals surface area contributed by atoms with Crippen LogP contribution in [0, 0.1) is 0 Å². The first kappa shape index (κ1) is 62.7. The van der Waals surface area contributed by atoms with Crippen LogP contribution in [0.15, 0.2) is 97.2 Å². The number of ether oxygens (including phenoxy) is 2. The van der Waals surface area contributed by atoms with Crippen molar-refractivity contribution < 1.29 is 68.2 Å². The molecule has 1 rings (SSSR count). The van der Waals surface area contributed by atoms with Crippen molar-refractivity contribution in [3.05, 3.63) is 97.2 Å². The molecule has 0 aromatic carbocycles. The lowest BCUT2D eigenvalue weighted by Crippen LogP contribution is -2.64. The molecule has 14 nitrogen and oxygen atoms in total. The van der Waals surface area contributed by atoms with Gasteiger partial charge in [0.15, 0.2) is 6.10 Å². The smallest absolute Gasteiger partial charge is 0.462 e. The number of carbonyl (C=O) groups is 2. The van der Waals surface area contributed by atoms with Gasteiger partial charge in [0.05, 0.1) is 12.7 Å². The third-order valence-corrected chi connectivity index (χ3v) is 12.0. The molecule has 7 N–H and O–H groups in total. The number of phosphoric acid groups is 1. The monoisotopic (exact) mass is 979 g/mol. The average Bonchev–Trinajstić information content (AvgIpc) is 3.32. The predicted octanol–water partition coefficient (Wildman–Crippen LogP) is 9.58. The zero-order valence-electron chi connectivity index (χ0n) is 41.0. The zero-order valence-corrected chi connectivity index (χ0v) is 41.9. The van der Waals surface area contributed by atoms with Crippen molar-refractivity contribution in [2.24, 2.45) is 0 Å². The van der Waals surface area contributed by atoms with E-state index in [0.717, 1.165) is 57.8 Å². The minimum atomic E-state index is -5.16. The number of phosphoric ester groups is 1. The predicted molar refractivity (Wildman–Crippen MR) is 268 cm³/mol. The van der Waals surface area contributed by atoms with Gasteiger partial charge in [0.1, 0.15) is 43.2 Å². The maximum absolute atomic E-state index is 12.8. The highest BCUT2D eigenvalue weighted by molar-refractivity contribution is 7.47. The minimum Gasteiger partial charge on any atom is -0.462 e. The third kappa shape index (κ3) is 33.3. The molecule has 1 fully saturated rings. The van der Waals surface area contributed by atoms with Gasteiger partial charge in [0, 0.05) is 12.8 Å². The van der Waals surface area contributed by atoms with E-state index in [-0.39, 0.29) is 12.8 Å². The number of carbonyl (C=O) groups excluding carboxylic acids is 2. The lowest BCUT2D eigenvalue weighted by molar-refractivity contribution is -0.220. The first-order valence-corrected chi connectivity index (χ1v) is 26.6. The molecular weight excluding hydrogens is 892 g/mol. The maximum atomic E-state index is 12.8. The fraction of sp³-hybridized carbons (Fsp3) is 0.660. The Balaban J connectivity index is 2.49. The van der Waals surface area contributed by atoms with E-state index in [4.69, 9.17) is 18.5 Å². The first-order valence-electron chi connectivity index (χ1n) is 25.1. The van der Waals surface area contributed by atoms with Crippen molar-refractivity contribution in [2.75, 3.05) is 13.2 Å². The Bertz CT molecular complexity index is 1570. The van der Waals surface area contributed by atoms with Gasteiger partial charge in [-0.15, -0.1) is 0 Å². The molecule has 0 saturated heterocycles. The molecule has 0 aromatic rings. The van der Waals surface area contributed by atoms with Crippen LogP contribution in [0.1, 0.15) is 162 Å². The van der Waals surface area contributed by atoms with Crippen LogP contribution in [-0.2, 0) is 32.7 Å². The molecule has 9 atom stereocenters. The van der Waals surface area contributed by atoms with Crippen molar-refractivity contribution in [1.82, 2.24) is 0 Å². The number of allylic oxidation sites excluding steroid dienone is 14. The summed E-state index contributed by atoms with van der Waals surface area (Å²) < 4.78 is 33.5. The zero-order chi connectivity index (χ0) is 50.1. The van der Waals surface area contributed by atoms with Gasteiger partial charge in [0.25, 0.3) is 0 Å². The normalized spacial score (nSPS) is 22.3. The van der Waals surface area contributed by atoms with Crippen LogP contribution < -0.4 is 0 Å². The largest absolute Gasteiger partial charge is 0.472 e. The number of aliphatic hydroxyl groups is 6. The van der Waals surface area contributed by atoms with E-state index in [2.05, 4.69) is 50.3 Å². The molecule has 388 valence electrons. The lowest BCUT2D eigenvalue weighted by atomic mass is 9.85. The topological polar surface area (TPSA) is 230 Å². The molecule has 15 heteroatoms. The molecule has 68 heavy (non-hydrogen) atoms. The Labute approximate surface area is 407 Å². The van der Waals surface area contributed by atoms with Crippen LogP contribution in [0.25, 0.3) is 0 Å². The van der Waals surface area contributed by atoms with Crippen LogP contribution in [0.2, 0.25) is 0 Å². The number of rotatable bonds is 40. The Morgan fingerprint density at radius 2 is 1.04 bits per heavy atom. The van der Waals surface area contributed by atoms with E-state index >= 15 is 0 Å². The molecule has 1 aliphatic carbocycles. The molecule has 0 heterocycles. The standard InChI is InChI=1S/C53H87O14P/c1-3-5-7-8-9-10-11-12-13-14-15-16-17-20-23-26-29-32-36-40-46(55)64-42-45(43-65-68(62,63)67-53-51(60)49(58)48(57)50(59)52(53)61)66-47(56)41-37-33-30-27-24-21-18-19-22-25-28-31-35-39-44(54)38-34-6-4-2/h6,9-10,12-13,19,21-22,24,28,30-31,33-35,39,44-45,48-54,57-61H,3-5,7-8,11,14-18,20,23,25-27,29,32,36-38,40-43H2,1-2H3,(H,62,63)/b10-9-,13-12-,22-19-,24-21-,31-28+,33-30-,34-6-,39-35+/t44?,45-,48?,49-,50+,51-,52-,53?/m1/s1. The minimum absolute atomic E-state index is 0.0501. The Morgan fingerprint density at radius 3 is 1.62 bits per heavy atom. The highest BCUT2D eigenvalue weighted by Gasteiger charge is 2.51. The molecule has 1 saturated carbocycles. The second-order valence-electron chi connectivity index (χ2n) is 17.1. The average molecular weight is 979 g/mol. The van der Waals surface area contributed by atoms with Crippen molar-refractivity contribution >= 4 is 19.8 Å². The van der Waals surface area contributed by atoms with Crippen LogP contribution in [0.4, 0.5) is 0 Å². The van der Waals surface area contributed by atoms with E-state index in [9.17, 15) is 49.7 Å². The molecule has 0 aromatic heterocycles. The maximum Gasteiger partial charge on any atom is 0.472 e. The second-order valence-corrected chi connectivity index (χ2v) is 18.5. The molecule has 4 unspecified atom stereocenters. The van der Waals surface area contributed by atoms with Crippen molar-refractivity contribution in [1.29, 1.82) is 0 Å². The van der Waals surface area contributed by atoms with E-state index in [1.54, 1.807) is 6.08 Å². The van der Waals surface area contributed by atoms with Crippen molar-refractivity contribution in [3.63, 3.8) is 0 Å². The van der Waals surface area contributed by atoms with E-state index in [1.807, 2.05) is 54.7 Å². The summed E-state index contributed by atoms with van der Waals surface area (Å²) in [6.45, 7) is 3.00. The fourth-order valence-corrected chi connectivity index (χ4v) is 7.93. The Hall–Kier alpha value is -3.27. The highest BCUT2D eigenvalue weighted by Crippen LogP contribution is 2.47. The molecule has 0 spiro atoms. The molecule has 0 amide bonds. The number of esters is 2. The molecule has 0 bridgehead atoms. The summed E-state index contributed by atoms with van der Waals surface area (Å²) in [4.78, 5) is 35.8. The van der Waals surface area contributed by atoms with Gasteiger partial charge in [-0.05, 0) is 77.0 Å². The Morgan fingerprint density at radius 1 is 0.544 bits per heavy atom. The van der Waals surface area contributed by atoms with Crippen LogP contribution >= 0.6 is 7.82 Å². The third-order valence-electron chi connectivity index (χ3n) is 11.0. The molecule has 0 radical (unpaired) electrons. The van der Waals surface area contributed by atoms with Crippen LogP contribution in [0.5, 0.6) is 0 Å². The van der Waals surface area contributed by atoms with Crippen molar-refractivity contribution in [3.8, 4) is 0 Å². The van der Waals surface area contributed by atoms with Crippen molar-refractivity contribution in [2.45, 2.75) is 210 Å². The highest BCUT2D eigenvalue weighted by atomic mass is 31.2. The second kappa shape index (κ2) is 41.5. The van der Waals surface area contributed by atoms with E-state index < -0.39 is 81.8 Å². The van der Waals surface area contributed by atoms with Gasteiger partial charge in [-0.1, -0.05) is 169 Å². The summed E-state index contributed by atoms with van der Waals surface area (Å²) >= 11 is 0. The molecular formula is C53H87O14P. The summed E-state index contributed by atoms with van der Waals surface area (Å²) in [7, 11) is -5.16. The number of hydrogen-bond acceptors (Lipinski definition) is 13. The lowest BCUT2D eigenvalue weighted by Gasteiger charge is -2.41. The Kier molecular flexibility index (Phi) is 38.3. The van der Waals surface area contributed by atoms with E-state index in [1.165, 1.54) is 51.4 Å². The van der Waals surface area contributed by atoms with Gasteiger partial charge in [-0.3, -0.25) is 18.6 Å². The van der Waals surface area contributed by atoms with Crippen LogP contribution in [-0.4, -0.2) is 110 Å². The first-order chi connectivity index (χ1) is 32.8. The molecule has 1 aliphatic rings. The molecule has 0 aliphatic heterocycles. The summed E-state index contributed by atoms with van der Waals surface area (Å²) in [6.07, 6.45) is 39.3. The summed E-state index contributed by atoms with van der Waals surface area (Å²) in [5, 5.41) is 60.1. The quantitative estimate of drug-likeness (QED) is 0.00997. The summed E-state index contributed by atoms with van der Waals surface area (Å²) in [5.74, 6) is -1.23. The fourth-order valence-electron chi connectivity index (χ4n) is 6.96. The number of unbranched alkanes of at least 4 members (excludes halogenated alkanes) is 12. The van der Waals surface area contributed by atoms with Gasteiger partial charge >= 0.3 is 19.8 Å². The van der Waals surface area contributed by atoms with Gasteiger partial charge in [0.2, 0.25) is 0 Å². The summed E-state index contributed by atoms with van der Waals surface area (Å²) in [5.41, 5.74) is 0. The number of hydrogen-bond donors (Lipinski definition) is 7. The van der Waals surface area contributed by atoms with E-state index in [0.29, 0.717) is 25.7 Å². The summed E-state index contributed by atoms with van der Waals surface area (Å²) in [6, 6.07) is 0.